The van der Waals surface area contributed by atoms with Gasteiger partial charge in [-0.25, -0.2) is 0 Å². The van der Waals surface area contributed by atoms with Crippen LogP contribution in [0.25, 0.3) is 0 Å². The highest BCUT2D eigenvalue weighted by molar-refractivity contribution is 5.82. The first-order valence-electron chi connectivity index (χ1n) is 6.46. The molecule has 1 aliphatic rings. The van der Waals surface area contributed by atoms with E-state index in [1.807, 2.05) is 6.92 Å². The second-order valence-electron chi connectivity index (χ2n) is 5.30. The van der Waals surface area contributed by atoms with Gasteiger partial charge in [0.05, 0.1) is 6.54 Å². The zero-order chi connectivity index (χ0) is 12.1. The van der Waals surface area contributed by atoms with Crippen molar-refractivity contribution in [2.75, 3.05) is 33.7 Å². The Labute approximate surface area is 99.8 Å². The van der Waals surface area contributed by atoms with Crippen molar-refractivity contribution >= 4 is 5.78 Å². The van der Waals surface area contributed by atoms with Gasteiger partial charge in [-0.15, -0.1) is 0 Å². The van der Waals surface area contributed by atoms with Gasteiger partial charge in [0, 0.05) is 18.5 Å². The first-order valence-corrected chi connectivity index (χ1v) is 6.46. The molecule has 0 amide bonds. The highest BCUT2D eigenvalue weighted by Gasteiger charge is 2.27. The van der Waals surface area contributed by atoms with Crippen LogP contribution in [0.3, 0.4) is 0 Å². The lowest BCUT2D eigenvalue weighted by Gasteiger charge is -2.27. The lowest BCUT2D eigenvalue weighted by molar-refractivity contribution is -0.123. The number of ketones is 1. The van der Waals surface area contributed by atoms with E-state index >= 15 is 0 Å². The van der Waals surface area contributed by atoms with Crippen LogP contribution in [-0.2, 0) is 4.79 Å². The number of nitrogens with zero attached hydrogens (tertiary/aromatic N) is 2. The van der Waals surface area contributed by atoms with E-state index in [1.165, 1.54) is 12.8 Å². The number of likely N-dealkylation sites (tertiary alicyclic amines) is 1. The molecule has 1 aliphatic heterocycles. The highest BCUT2D eigenvalue weighted by Crippen LogP contribution is 2.18. The molecular weight excluding hydrogens is 200 g/mol. The number of Topliss-reactive ketones (excluding diaryl/α,β-unsaturated/α-hetero) is 1. The van der Waals surface area contributed by atoms with E-state index in [-0.39, 0.29) is 5.92 Å². The third-order valence-corrected chi connectivity index (χ3v) is 3.60. The van der Waals surface area contributed by atoms with Crippen LogP contribution in [0.5, 0.6) is 0 Å². The molecule has 94 valence electrons. The van der Waals surface area contributed by atoms with Crippen LogP contribution < -0.4 is 0 Å². The van der Waals surface area contributed by atoms with Crippen LogP contribution in [-0.4, -0.2) is 55.4 Å². The average molecular weight is 226 g/mol. The quantitative estimate of drug-likeness (QED) is 0.688. The Bertz CT molecular complexity index is 228. The van der Waals surface area contributed by atoms with E-state index in [0.29, 0.717) is 18.4 Å². The van der Waals surface area contributed by atoms with Crippen LogP contribution in [0.1, 0.15) is 33.1 Å². The molecule has 0 spiro atoms. The van der Waals surface area contributed by atoms with Gasteiger partial charge in [-0.2, -0.15) is 0 Å². The van der Waals surface area contributed by atoms with E-state index in [9.17, 15) is 4.79 Å². The van der Waals surface area contributed by atoms with E-state index in [1.54, 1.807) is 0 Å². The van der Waals surface area contributed by atoms with Gasteiger partial charge in [-0.3, -0.25) is 9.69 Å². The summed E-state index contributed by atoms with van der Waals surface area (Å²) in [5, 5.41) is 0. The molecule has 16 heavy (non-hydrogen) atoms. The Morgan fingerprint density at radius 3 is 2.75 bits per heavy atom. The molecule has 0 saturated carbocycles. The zero-order valence-electron chi connectivity index (χ0n) is 11.2. The summed E-state index contributed by atoms with van der Waals surface area (Å²) in [6.45, 7) is 6.96. The van der Waals surface area contributed by atoms with Gasteiger partial charge < -0.3 is 4.90 Å². The second-order valence-corrected chi connectivity index (χ2v) is 5.30. The highest BCUT2D eigenvalue weighted by atomic mass is 16.1. The standard InChI is InChI=1S/C13H26N2O/c1-5-11(2)13(16)10-15-8-6-7-12(15)9-14(3)4/h11-12H,5-10H2,1-4H3. The molecule has 0 aliphatic carbocycles. The van der Waals surface area contributed by atoms with Crippen LogP contribution in [0, 0.1) is 5.92 Å². The maximum absolute atomic E-state index is 11.9. The maximum Gasteiger partial charge on any atom is 0.149 e. The largest absolute Gasteiger partial charge is 0.308 e. The maximum atomic E-state index is 11.9. The summed E-state index contributed by atoms with van der Waals surface area (Å²) in [5.41, 5.74) is 0. The molecule has 1 fully saturated rings. The predicted molar refractivity (Wildman–Crippen MR) is 67.6 cm³/mol. The van der Waals surface area contributed by atoms with Gasteiger partial charge >= 0.3 is 0 Å². The van der Waals surface area contributed by atoms with Crippen molar-refractivity contribution in [3.05, 3.63) is 0 Å². The molecule has 0 aromatic carbocycles. The van der Waals surface area contributed by atoms with Crippen LogP contribution in [0.4, 0.5) is 0 Å². The molecule has 1 rings (SSSR count). The summed E-state index contributed by atoms with van der Waals surface area (Å²) in [7, 11) is 4.21. The molecule has 3 nitrogen and oxygen atoms in total. The lowest BCUT2D eigenvalue weighted by Crippen LogP contribution is -2.41. The molecule has 3 heteroatoms. The minimum absolute atomic E-state index is 0.223. The summed E-state index contributed by atoms with van der Waals surface area (Å²) in [6, 6.07) is 0.586. The number of carbonyl (C=O) groups is 1. The first kappa shape index (κ1) is 13.7. The number of rotatable bonds is 6. The van der Waals surface area contributed by atoms with Crippen LogP contribution >= 0.6 is 0 Å². The van der Waals surface area contributed by atoms with Crippen LogP contribution in [0.15, 0.2) is 0 Å². The van der Waals surface area contributed by atoms with Crippen molar-refractivity contribution in [3.63, 3.8) is 0 Å². The molecule has 1 saturated heterocycles. The Morgan fingerprint density at radius 1 is 1.50 bits per heavy atom. The van der Waals surface area contributed by atoms with Crippen molar-refractivity contribution in [2.45, 2.75) is 39.2 Å². The molecule has 0 bridgehead atoms. The molecule has 2 atom stereocenters. The monoisotopic (exact) mass is 226 g/mol. The molecule has 0 radical (unpaired) electrons. The lowest BCUT2D eigenvalue weighted by atomic mass is 10.0. The number of hydrogen-bond acceptors (Lipinski definition) is 3. The third kappa shape index (κ3) is 3.87. The molecule has 0 N–H and O–H groups in total. The van der Waals surface area contributed by atoms with E-state index < -0.39 is 0 Å². The fourth-order valence-corrected chi connectivity index (χ4v) is 2.32. The normalized spacial score (nSPS) is 23.9. The molecule has 0 aromatic rings. The topological polar surface area (TPSA) is 23.6 Å². The summed E-state index contributed by atoms with van der Waals surface area (Å²) < 4.78 is 0. The molecule has 0 aromatic heterocycles. The number of likely N-dealkylation sites (N-methyl/N-ethyl adjacent to an activating group) is 1. The fraction of sp³-hybridized carbons (Fsp3) is 0.923. The van der Waals surface area contributed by atoms with E-state index in [2.05, 4.69) is 30.8 Å². The van der Waals surface area contributed by atoms with E-state index in [4.69, 9.17) is 0 Å². The second kappa shape index (κ2) is 6.36. The minimum Gasteiger partial charge on any atom is -0.308 e. The fourth-order valence-electron chi connectivity index (χ4n) is 2.32. The van der Waals surface area contributed by atoms with Gasteiger partial charge in [-0.05, 0) is 39.9 Å². The smallest absolute Gasteiger partial charge is 0.149 e. The van der Waals surface area contributed by atoms with Crippen molar-refractivity contribution in [2.24, 2.45) is 5.92 Å². The van der Waals surface area contributed by atoms with Crippen molar-refractivity contribution in [1.82, 2.24) is 9.80 Å². The summed E-state index contributed by atoms with van der Waals surface area (Å²) >= 11 is 0. The van der Waals surface area contributed by atoms with Crippen LogP contribution in [0.2, 0.25) is 0 Å². The van der Waals surface area contributed by atoms with Crippen molar-refractivity contribution in [3.8, 4) is 0 Å². The van der Waals surface area contributed by atoms with Gasteiger partial charge in [-0.1, -0.05) is 13.8 Å². The molecular formula is C13H26N2O. The average Bonchev–Trinajstić information content (AvgIpc) is 2.63. The Hall–Kier alpha value is -0.410. The molecule has 1 heterocycles. The van der Waals surface area contributed by atoms with Gasteiger partial charge in [0.25, 0.3) is 0 Å². The Morgan fingerprint density at radius 2 is 2.19 bits per heavy atom. The predicted octanol–water partition coefficient (Wildman–Crippen LogP) is 1.63. The number of carbonyl (C=O) groups excluding carboxylic acids is 1. The summed E-state index contributed by atoms with van der Waals surface area (Å²) in [5.74, 6) is 0.633. The minimum atomic E-state index is 0.223. The SMILES string of the molecule is CCC(C)C(=O)CN1CCCC1CN(C)C. The summed E-state index contributed by atoms with van der Waals surface area (Å²) in [6.07, 6.45) is 3.45. The zero-order valence-corrected chi connectivity index (χ0v) is 11.2. The van der Waals surface area contributed by atoms with Crippen molar-refractivity contribution in [1.29, 1.82) is 0 Å². The van der Waals surface area contributed by atoms with Gasteiger partial charge in [0.2, 0.25) is 0 Å². The number of hydrogen-bond donors (Lipinski definition) is 0. The van der Waals surface area contributed by atoms with E-state index in [0.717, 1.165) is 19.5 Å². The first-order chi connectivity index (χ1) is 7.54. The Balaban J connectivity index is 2.43. The Kier molecular flexibility index (Phi) is 5.42. The van der Waals surface area contributed by atoms with Gasteiger partial charge in [0.1, 0.15) is 5.78 Å². The van der Waals surface area contributed by atoms with Crippen molar-refractivity contribution < 1.29 is 4.79 Å². The third-order valence-electron chi connectivity index (χ3n) is 3.60. The van der Waals surface area contributed by atoms with Gasteiger partial charge in [0.15, 0.2) is 0 Å². The summed E-state index contributed by atoms with van der Waals surface area (Å²) in [4.78, 5) is 16.5. The molecule has 2 unspecified atom stereocenters.